The molecular weight excluding hydrogens is 324 g/mol. The minimum absolute atomic E-state index is 0.0635. The molecule has 0 aliphatic carbocycles. The normalized spacial score (nSPS) is 19.7. The predicted molar refractivity (Wildman–Crippen MR) is 92.8 cm³/mol. The Kier molecular flexibility index (Phi) is 5.09. The van der Waals surface area contributed by atoms with E-state index in [1.165, 1.54) is 0 Å². The molecule has 1 aliphatic heterocycles. The van der Waals surface area contributed by atoms with Gasteiger partial charge in [0.15, 0.2) is 0 Å². The monoisotopic (exact) mass is 340 g/mol. The molecule has 6 heteroatoms. The van der Waals surface area contributed by atoms with Crippen LogP contribution in [0.15, 0.2) is 42.6 Å². The summed E-state index contributed by atoms with van der Waals surface area (Å²) in [7, 11) is 0. The van der Waals surface area contributed by atoms with Crippen molar-refractivity contribution in [3.63, 3.8) is 0 Å². The molecule has 1 amide bonds. The molecule has 0 bridgehead atoms. The van der Waals surface area contributed by atoms with E-state index in [1.54, 1.807) is 24.4 Å². The molecule has 5 nitrogen and oxygen atoms in total. The zero-order valence-corrected chi connectivity index (χ0v) is 13.8. The van der Waals surface area contributed by atoms with Crippen molar-refractivity contribution in [2.45, 2.75) is 18.5 Å². The van der Waals surface area contributed by atoms with Gasteiger partial charge in [-0.2, -0.15) is 5.26 Å². The van der Waals surface area contributed by atoms with Crippen LogP contribution in [0.5, 0.6) is 0 Å². The number of hydrogen-bond acceptors (Lipinski definition) is 4. The molecule has 122 valence electrons. The first-order chi connectivity index (χ1) is 11.7. The number of alkyl halides is 1. The lowest BCUT2D eigenvalue weighted by molar-refractivity contribution is 0.0935. The third-order valence-electron chi connectivity index (χ3n) is 4.06. The summed E-state index contributed by atoms with van der Waals surface area (Å²) in [6, 6.07) is 13.3. The van der Waals surface area contributed by atoms with Crippen LogP contribution in [0.3, 0.4) is 0 Å². The van der Waals surface area contributed by atoms with E-state index in [0.29, 0.717) is 23.7 Å². The first-order valence-electron chi connectivity index (χ1n) is 7.76. The molecule has 2 atom stereocenters. The molecule has 2 aromatic rings. The number of hydrogen-bond donors (Lipinski definition) is 2. The SMILES string of the molecule is N#Cc1cccc(-c2ccnc(C(=O)N[C@H]3CN[C@H](CCl)C3)c2)c1. The Bertz CT molecular complexity index is 787. The van der Waals surface area contributed by atoms with Gasteiger partial charge in [-0.1, -0.05) is 12.1 Å². The average Bonchev–Trinajstić information content (AvgIpc) is 3.09. The zero-order chi connectivity index (χ0) is 16.9. The molecular formula is C18H17ClN4O. The fourth-order valence-electron chi connectivity index (χ4n) is 2.81. The number of carbonyl (C=O) groups excluding carboxylic acids is 1. The highest BCUT2D eigenvalue weighted by molar-refractivity contribution is 6.18. The Morgan fingerprint density at radius 2 is 2.21 bits per heavy atom. The number of nitriles is 1. The van der Waals surface area contributed by atoms with E-state index in [1.807, 2.05) is 18.2 Å². The maximum Gasteiger partial charge on any atom is 0.270 e. The smallest absolute Gasteiger partial charge is 0.270 e. The predicted octanol–water partition coefficient (Wildman–Crippen LogP) is 2.32. The van der Waals surface area contributed by atoms with Gasteiger partial charge in [0.2, 0.25) is 0 Å². The van der Waals surface area contributed by atoms with Crippen LogP contribution in [0, 0.1) is 11.3 Å². The van der Waals surface area contributed by atoms with Crippen molar-refractivity contribution in [2.24, 2.45) is 0 Å². The maximum atomic E-state index is 12.4. The highest BCUT2D eigenvalue weighted by atomic mass is 35.5. The van der Waals surface area contributed by atoms with Gasteiger partial charge < -0.3 is 10.6 Å². The van der Waals surface area contributed by atoms with Crippen LogP contribution >= 0.6 is 11.6 Å². The molecule has 3 rings (SSSR count). The van der Waals surface area contributed by atoms with E-state index in [2.05, 4.69) is 21.7 Å². The van der Waals surface area contributed by atoms with E-state index in [0.717, 1.165) is 17.5 Å². The van der Waals surface area contributed by atoms with Gasteiger partial charge in [0.1, 0.15) is 5.69 Å². The van der Waals surface area contributed by atoms with Crippen molar-refractivity contribution in [3.05, 3.63) is 53.9 Å². The van der Waals surface area contributed by atoms with Crippen LogP contribution in [-0.4, -0.2) is 35.4 Å². The lowest BCUT2D eigenvalue weighted by atomic mass is 10.0. The quantitative estimate of drug-likeness (QED) is 0.837. The van der Waals surface area contributed by atoms with Crippen molar-refractivity contribution < 1.29 is 4.79 Å². The highest BCUT2D eigenvalue weighted by Gasteiger charge is 2.25. The number of halogens is 1. The van der Waals surface area contributed by atoms with Gasteiger partial charge >= 0.3 is 0 Å². The minimum atomic E-state index is -0.199. The summed E-state index contributed by atoms with van der Waals surface area (Å²) in [5, 5.41) is 15.3. The number of pyridine rings is 1. The third-order valence-corrected chi connectivity index (χ3v) is 4.43. The van der Waals surface area contributed by atoms with E-state index in [9.17, 15) is 4.79 Å². The lowest BCUT2D eigenvalue weighted by Crippen LogP contribution is -2.36. The number of benzene rings is 1. The van der Waals surface area contributed by atoms with Gasteiger partial charge in [0, 0.05) is 30.7 Å². The molecule has 2 heterocycles. The third kappa shape index (κ3) is 3.73. The fourth-order valence-corrected chi connectivity index (χ4v) is 3.04. The number of nitrogens with one attached hydrogen (secondary N) is 2. The number of carbonyl (C=O) groups is 1. The summed E-state index contributed by atoms with van der Waals surface area (Å²) in [6.07, 6.45) is 2.43. The van der Waals surface area contributed by atoms with Crippen molar-refractivity contribution in [1.29, 1.82) is 5.26 Å². The molecule has 24 heavy (non-hydrogen) atoms. The van der Waals surface area contributed by atoms with Gasteiger partial charge in [-0.15, -0.1) is 11.6 Å². The molecule has 0 saturated carbocycles. The van der Waals surface area contributed by atoms with Crippen LogP contribution in [0.4, 0.5) is 0 Å². The summed E-state index contributed by atoms with van der Waals surface area (Å²) < 4.78 is 0. The number of aromatic nitrogens is 1. The summed E-state index contributed by atoms with van der Waals surface area (Å²) >= 11 is 5.83. The number of nitrogens with zero attached hydrogens (tertiary/aromatic N) is 2. The van der Waals surface area contributed by atoms with Crippen molar-refractivity contribution in [1.82, 2.24) is 15.6 Å². The highest BCUT2D eigenvalue weighted by Crippen LogP contribution is 2.20. The topological polar surface area (TPSA) is 77.8 Å². The van der Waals surface area contributed by atoms with Crippen LogP contribution in [0.1, 0.15) is 22.5 Å². The molecule has 1 fully saturated rings. The second-order valence-corrected chi connectivity index (χ2v) is 6.10. The van der Waals surface area contributed by atoms with E-state index in [-0.39, 0.29) is 18.0 Å². The van der Waals surface area contributed by atoms with Gasteiger partial charge in [0.25, 0.3) is 5.91 Å². The van der Waals surface area contributed by atoms with Crippen LogP contribution in [0.25, 0.3) is 11.1 Å². The molecule has 1 aliphatic rings. The Labute approximate surface area is 145 Å². The van der Waals surface area contributed by atoms with E-state index >= 15 is 0 Å². The van der Waals surface area contributed by atoms with E-state index < -0.39 is 0 Å². The maximum absolute atomic E-state index is 12.4. The number of rotatable bonds is 4. The fraction of sp³-hybridized carbons (Fsp3) is 0.278. The summed E-state index contributed by atoms with van der Waals surface area (Å²) in [4.78, 5) is 16.6. The minimum Gasteiger partial charge on any atom is -0.347 e. The Balaban J connectivity index is 1.75. The zero-order valence-electron chi connectivity index (χ0n) is 13.0. The summed E-state index contributed by atoms with van der Waals surface area (Å²) in [5.41, 5.74) is 2.69. The molecule has 1 saturated heterocycles. The molecule has 0 unspecified atom stereocenters. The second kappa shape index (κ2) is 7.43. The summed E-state index contributed by atoms with van der Waals surface area (Å²) in [5.74, 6) is 0.338. The average molecular weight is 341 g/mol. The Morgan fingerprint density at radius 1 is 1.38 bits per heavy atom. The Hall–Kier alpha value is -2.42. The van der Waals surface area contributed by atoms with Crippen molar-refractivity contribution in [2.75, 3.05) is 12.4 Å². The van der Waals surface area contributed by atoms with Crippen molar-refractivity contribution >= 4 is 17.5 Å². The van der Waals surface area contributed by atoms with Gasteiger partial charge in [-0.25, -0.2) is 0 Å². The first kappa shape index (κ1) is 16.4. The van der Waals surface area contributed by atoms with Gasteiger partial charge in [-0.05, 0) is 41.8 Å². The molecule has 0 radical (unpaired) electrons. The number of amides is 1. The van der Waals surface area contributed by atoms with Crippen molar-refractivity contribution in [3.8, 4) is 17.2 Å². The second-order valence-electron chi connectivity index (χ2n) is 5.79. The van der Waals surface area contributed by atoms with Crippen LogP contribution < -0.4 is 10.6 Å². The molecule has 1 aromatic heterocycles. The lowest BCUT2D eigenvalue weighted by Gasteiger charge is -2.12. The molecule has 0 spiro atoms. The van der Waals surface area contributed by atoms with Crippen LogP contribution in [0.2, 0.25) is 0 Å². The molecule has 1 aromatic carbocycles. The molecule has 2 N–H and O–H groups in total. The van der Waals surface area contributed by atoms with Gasteiger partial charge in [-0.3, -0.25) is 9.78 Å². The standard InChI is InChI=1S/C18H17ClN4O/c19-9-15-8-16(11-22-15)23-18(24)17-7-14(4-5-21-17)13-3-1-2-12(6-13)10-20/h1-7,15-16,22H,8-9,11H2,(H,23,24)/t15-,16+/m0/s1. The van der Waals surface area contributed by atoms with E-state index in [4.69, 9.17) is 16.9 Å². The Morgan fingerprint density at radius 3 is 2.96 bits per heavy atom. The summed E-state index contributed by atoms with van der Waals surface area (Å²) in [6.45, 7) is 0.715. The first-order valence-corrected chi connectivity index (χ1v) is 8.30. The van der Waals surface area contributed by atoms with Crippen LogP contribution in [-0.2, 0) is 0 Å². The van der Waals surface area contributed by atoms with Gasteiger partial charge in [0.05, 0.1) is 11.6 Å². The largest absolute Gasteiger partial charge is 0.347 e.